The minimum absolute atomic E-state index is 0.112. The van der Waals surface area contributed by atoms with Gasteiger partial charge in [0, 0.05) is 37.8 Å². The van der Waals surface area contributed by atoms with Gasteiger partial charge in [-0.2, -0.15) is 5.10 Å². The molecule has 1 aliphatic carbocycles. The zero-order valence-electron chi connectivity index (χ0n) is 22.7. The maximum absolute atomic E-state index is 15.3. The molecule has 0 atom stereocenters. The van der Waals surface area contributed by atoms with Crippen LogP contribution in [0, 0.1) is 11.6 Å². The van der Waals surface area contributed by atoms with E-state index in [2.05, 4.69) is 31.5 Å². The maximum atomic E-state index is 15.3. The van der Waals surface area contributed by atoms with Crippen molar-refractivity contribution in [2.75, 3.05) is 43.7 Å². The van der Waals surface area contributed by atoms with Gasteiger partial charge in [-0.3, -0.25) is 9.62 Å². The number of nitrogens with two attached hydrogens (primary N) is 1. The molecule has 4 aromatic rings. The molecule has 0 unspecified atom stereocenters. The van der Waals surface area contributed by atoms with Gasteiger partial charge in [-0.25, -0.2) is 31.8 Å². The minimum Gasteiger partial charge on any atom is -0.383 e. The van der Waals surface area contributed by atoms with Crippen LogP contribution in [0.4, 0.5) is 20.3 Å². The van der Waals surface area contributed by atoms with Crippen molar-refractivity contribution >= 4 is 32.6 Å². The second kappa shape index (κ2) is 11.0. The molecule has 1 saturated heterocycles. The van der Waals surface area contributed by atoms with Gasteiger partial charge < -0.3 is 10.6 Å². The lowest BCUT2D eigenvalue weighted by atomic mass is 9.90. The van der Waals surface area contributed by atoms with Crippen LogP contribution in [-0.2, 0) is 10.0 Å². The summed E-state index contributed by atoms with van der Waals surface area (Å²) in [5.41, 5.74) is 7.35. The minimum atomic E-state index is -4.34. The second-order valence-electron chi connectivity index (χ2n) is 10.8. The van der Waals surface area contributed by atoms with Gasteiger partial charge in [-0.15, -0.1) is 0 Å². The number of nitrogens with zero attached hydrogens (tertiary/aromatic N) is 6. The number of anilines is 2. The van der Waals surface area contributed by atoms with Gasteiger partial charge in [0.05, 0.1) is 17.1 Å². The van der Waals surface area contributed by atoms with Crippen molar-refractivity contribution in [3.63, 3.8) is 0 Å². The van der Waals surface area contributed by atoms with Gasteiger partial charge in [0.1, 0.15) is 34.4 Å². The summed E-state index contributed by atoms with van der Waals surface area (Å²) in [7, 11) is -2.18. The SMILES string of the molecule is CN1CCN(C2CCC(n3nc(-c4ccc(NS(=O)(=O)c5ccccc5F)c(F)c4)c4c(N)ncnc43)CC2)CC1. The molecule has 3 N–H and O–H groups in total. The molecule has 2 aliphatic rings. The Kier molecular flexibility index (Phi) is 7.34. The van der Waals surface area contributed by atoms with Crippen LogP contribution in [0.3, 0.4) is 0 Å². The number of benzene rings is 2. The topological polar surface area (TPSA) is 122 Å². The zero-order valence-corrected chi connectivity index (χ0v) is 23.5. The summed E-state index contributed by atoms with van der Waals surface area (Å²) in [5.74, 6) is -1.54. The molecule has 10 nitrogen and oxygen atoms in total. The van der Waals surface area contributed by atoms with E-state index in [0.29, 0.717) is 28.3 Å². The number of fused-ring (bicyclic) bond motifs is 1. The van der Waals surface area contributed by atoms with Crippen LogP contribution in [0.25, 0.3) is 22.3 Å². The number of likely N-dealkylation sites (N-methyl/N-ethyl adjacent to an activating group) is 1. The van der Waals surface area contributed by atoms with Gasteiger partial charge in [0.25, 0.3) is 10.0 Å². The molecule has 2 aromatic carbocycles. The Labute approximate surface area is 237 Å². The van der Waals surface area contributed by atoms with Crippen LogP contribution in [0.15, 0.2) is 53.7 Å². The molecular weight excluding hydrogens is 550 g/mol. The Morgan fingerprint density at radius 2 is 1.63 bits per heavy atom. The van der Waals surface area contributed by atoms with Crippen molar-refractivity contribution in [1.82, 2.24) is 29.5 Å². The van der Waals surface area contributed by atoms with Gasteiger partial charge in [-0.05, 0) is 57.0 Å². The molecule has 13 heteroatoms. The molecule has 6 rings (SSSR count). The lowest BCUT2D eigenvalue weighted by Gasteiger charge is -2.41. The molecule has 2 fully saturated rings. The van der Waals surface area contributed by atoms with Crippen molar-refractivity contribution in [1.29, 1.82) is 0 Å². The third kappa shape index (κ3) is 5.36. The summed E-state index contributed by atoms with van der Waals surface area (Å²) in [5, 5.41) is 5.38. The smallest absolute Gasteiger partial charge is 0.264 e. The zero-order chi connectivity index (χ0) is 28.7. The van der Waals surface area contributed by atoms with E-state index in [9.17, 15) is 12.8 Å². The maximum Gasteiger partial charge on any atom is 0.264 e. The first-order valence-electron chi connectivity index (χ1n) is 13.7. The van der Waals surface area contributed by atoms with Crippen LogP contribution in [-0.4, -0.2) is 77.2 Å². The molecular formula is C28H32F2N8O2S. The van der Waals surface area contributed by atoms with E-state index >= 15 is 4.39 Å². The number of rotatable bonds is 6. The van der Waals surface area contributed by atoms with Crippen molar-refractivity contribution < 1.29 is 17.2 Å². The highest BCUT2D eigenvalue weighted by atomic mass is 32.2. The molecule has 1 aliphatic heterocycles. The van der Waals surface area contributed by atoms with E-state index in [4.69, 9.17) is 10.8 Å². The summed E-state index contributed by atoms with van der Waals surface area (Å²) in [6.45, 7) is 4.34. The van der Waals surface area contributed by atoms with E-state index in [0.717, 1.165) is 64.0 Å². The largest absolute Gasteiger partial charge is 0.383 e. The molecule has 0 spiro atoms. The number of hydrogen-bond acceptors (Lipinski definition) is 8. The number of halogens is 2. The summed E-state index contributed by atoms with van der Waals surface area (Å²) in [6.07, 6.45) is 5.37. The molecule has 2 aromatic heterocycles. The van der Waals surface area contributed by atoms with Crippen LogP contribution in [0.5, 0.6) is 0 Å². The highest BCUT2D eigenvalue weighted by Gasteiger charge is 2.31. The number of nitrogen functional groups attached to an aromatic ring is 1. The Bertz CT molecular complexity index is 1680. The van der Waals surface area contributed by atoms with Crippen molar-refractivity contribution in [3.05, 3.63) is 60.4 Å². The van der Waals surface area contributed by atoms with E-state index in [1.165, 1.54) is 30.6 Å². The first-order chi connectivity index (χ1) is 19.7. The molecule has 0 bridgehead atoms. The van der Waals surface area contributed by atoms with Crippen molar-refractivity contribution in [2.45, 2.75) is 42.7 Å². The molecule has 0 amide bonds. The molecule has 3 heterocycles. The number of piperazine rings is 1. The lowest BCUT2D eigenvalue weighted by Crippen LogP contribution is -2.49. The Morgan fingerprint density at radius 1 is 0.927 bits per heavy atom. The third-order valence-electron chi connectivity index (χ3n) is 8.20. The highest BCUT2D eigenvalue weighted by molar-refractivity contribution is 7.92. The predicted molar refractivity (Wildman–Crippen MR) is 153 cm³/mol. The van der Waals surface area contributed by atoms with E-state index < -0.39 is 26.6 Å². The monoisotopic (exact) mass is 582 g/mol. The van der Waals surface area contributed by atoms with Crippen LogP contribution in [0.2, 0.25) is 0 Å². The average Bonchev–Trinajstić information content (AvgIpc) is 3.36. The summed E-state index contributed by atoms with van der Waals surface area (Å²) in [6, 6.07) is 9.59. The number of sulfonamides is 1. The third-order valence-corrected chi connectivity index (χ3v) is 9.60. The Morgan fingerprint density at radius 3 is 2.34 bits per heavy atom. The van der Waals surface area contributed by atoms with Gasteiger partial charge in [0.2, 0.25) is 0 Å². The molecule has 216 valence electrons. The van der Waals surface area contributed by atoms with Crippen molar-refractivity contribution in [2.24, 2.45) is 0 Å². The Balaban J connectivity index is 1.27. The standard InChI is InChI=1S/C28H32F2N8O2S/c1-36-12-14-37(15-13-36)19-7-9-20(10-8-19)38-28-25(27(31)32-17-33-28)26(34-38)18-6-11-23(22(30)16-18)35-41(39,40)24-5-3-2-4-21(24)29/h2-6,11,16-17,19-20,35H,7-10,12-15H2,1H3,(H2,31,32,33). The van der Waals surface area contributed by atoms with Crippen molar-refractivity contribution in [3.8, 4) is 11.3 Å². The first kappa shape index (κ1) is 27.5. The van der Waals surface area contributed by atoms with E-state index in [1.54, 1.807) is 6.07 Å². The summed E-state index contributed by atoms with van der Waals surface area (Å²) >= 11 is 0. The average molecular weight is 583 g/mol. The predicted octanol–water partition coefficient (Wildman–Crippen LogP) is 3.89. The first-order valence-corrected chi connectivity index (χ1v) is 15.2. The Hall–Kier alpha value is -3.68. The second-order valence-corrected chi connectivity index (χ2v) is 12.4. The summed E-state index contributed by atoms with van der Waals surface area (Å²) < 4.78 is 58.8. The lowest BCUT2D eigenvalue weighted by molar-refractivity contribution is 0.0815. The summed E-state index contributed by atoms with van der Waals surface area (Å²) in [4.78, 5) is 13.0. The van der Waals surface area contributed by atoms with Crippen LogP contribution in [0.1, 0.15) is 31.7 Å². The molecule has 0 radical (unpaired) electrons. The van der Waals surface area contributed by atoms with E-state index in [1.807, 2.05) is 4.68 Å². The number of hydrogen-bond donors (Lipinski definition) is 2. The molecule has 1 saturated carbocycles. The normalized spacial score (nSPS) is 20.9. The van der Waals surface area contributed by atoms with Crippen LogP contribution >= 0.6 is 0 Å². The van der Waals surface area contributed by atoms with Gasteiger partial charge >= 0.3 is 0 Å². The van der Waals surface area contributed by atoms with E-state index in [-0.39, 0.29) is 17.5 Å². The molecule has 41 heavy (non-hydrogen) atoms. The van der Waals surface area contributed by atoms with Gasteiger partial charge in [0.15, 0.2) is 5.65 Å². The number of nitrogens with one attached hydrogen (secondary N) is 1. The fraction of sp³-hybridized carbons (Fsp3) is 0.393. The fourth-order valence-electron chi connectivity index (χ4n) is 5.91. The quantitative estimate of drug-likeness (QED) is 0.351. The highest BCUT2D eigenvalue weighted by Crippen LogP contribution is 2.38. The fourth-order valence-corrected chi connectivity index (χ4v) is 7.06. The van der Waals surface area contributed by atoms with Gasteiger partial charge in [-0.1, -0.05) is 18.2 Å². The number of aromatic nitrogens is 4. The van der Waals surface area contributed by atoms with Crippen LogP contribution < -0.4 is 10.5 Å².